The molecule has 0 saturated heterocycles. The van der Waals surface area contributed by atoms with Crippen LogP contribution in [0.1, 0.15) is 12.6 Å². The lowest BCUT2D eigenvalue weighted by Crippen LogP contribution is -1.98. The van der Waals surface area contributed by atoms with E-state index in [1.54, 1.807) is 23.5 Å². The van der Waals surface area contributed by atoms with Gasteiger partial charge < -0.3 is 0 Å². The second-order valence-corrected chi connectivity index (χ2v) is 3.84. The molecule has 0 amide bonds. The lowest BCUT2D eigenvalue weighted by molar-refractivity contribution is -0.114. The van der Waals surface area contributed by atoms with Crippen LogP contribution in [0.4, 0.5) is 0 Å². The maximum Gasteiger partial charge on any atom is 0.193 e. The summed E-state index contributed by atoms with van der Waals surface area (Å²) in [6, 6.07) is 0. The highest BCUT2D eigenvalue weighted by atomic mass is 32.1. The van der Waals surface area contributed by atoms with E-state index < -0.39 is 0 Å². The van der Waals surface area contributed by atoms with Crippen LogP contribution in [0, 0.1) is 0 Å². The summed E-state index contributed by atoms with van der Waals surface area (Å²) in [5, 5.41) is 1.97. The van der Waals surface area contributed by atoms with Crippen molar-refractivity contribution in [2.24, 2.45) is 0 Å². The number of fused-ring (bicyclic) bond motifs is 1. The van der Waals surface area contributed by atoms with Gasteiger partial charge in [0.2, 0.25) is 0 Å². The second-order valence-electron chi connectivity index (χ2n) is 2.97. The van der Waals surface area contributed by atoms with Crippen LogP contribution in [0.25, 0.3) is 4.96 Å². The third-order valence-electron chi connectivity index (χ3n) is 1.85. The van der Waals surface area contributed by atoms with Crippen molar-refractivity contribution in [2.45, 2.75) is 13.3 Å². The third-order valence-corrected chi connectivity index (χ3v) is 2.62. The molecule has 2 heterocycles. The van der Waals surface area contributed by atoms with Gasteiger partial charge in [-0.1, -0.05) is 6.08 Å². The van der Waals surface area contributed by atoms with Crippen LogP contribution in [-0.2, 0) is 11.2 Å². The van der Waals surface area contributed by atoms with Crippen LogP contribution in [0.5, 0.6) is 0 Å². The van der Waals surface area contributed by atoms with Gasteiger partial charge in [0.1, 0.15) is 0 Å². The Hall–Kier alpha value is -1.42. The summed E-state index contributed by atoms with van der Waals surface area (Å²) in [4.78, 5) is 16.5. The molecule has 3 nitrogen and oxygen atoms in total. The molecular formula is C10H10N2OS. The van der Waals surface area contributed by atoms with Gasteiger partial charge in [-0.2, -0.15) is 0 Å². The fraction of sp³-hybridized carbons (Fsp3) is 0.200. The first-order valence-corrected chi connectivity index (χ1v) is 5.24. The molecule has 4 heteroatoms. The van der Waals surface area contributed by atoms with Crippen molar-refractivity contribution in [1.29, 1.82) is 0 Å². The Morgan fingerprint density at radius 1 is 1.71 bits per heavy atom. The second kappa shape index (κ2) is 3.75. The lowest BCUT2D eigenvalue weighted by Gasteiger charge is -1.88. The summed E-state index contributed by atoms with van der Waals surface area (Å²) in [6.45, 7) is 1.84. The van der Waals surface area contributed by atoms with Gasteiger partial charge in [-0.05, 0) is 13.0 Å². The van der Waals surface area contributed by atoms with E-state index in [4.69, 9.17) is 0 Å². The van der Waals surface area contributed by atoms with E-state index in [9.17, 15) is 4.79 Å². The molecule has 2 rings (SSSR count). The lowest BCUT2D eigenvalue weighted by atomic mass is 10.2. The fourth-order valence-electron chi connectivity index (χ4n) is 1.28. The minimum atomic E-state index is 0.0956. The maximum atomic E-state index is 11.3. The molecule has 0 N–H and O–H groups in total. The minimum absolute atomic E-state index is 0.0956. The average Bonchev–Trinajstić information content (AvgIpc) is 2.63. The number of hydrogen-bond acceptors (Lipinski definition) is 3. The van der Waals surface area contributed by atoms with E-state index in [0.29, 0.717) is 6.42 Å². The molecule has 72 valence electrons. The largest absolute Gasteiger partial charge is 0.297 e. The zero-order valence-corrected chi connectivity index (χ0v) is 8.62. The van der Waals surface area contributed by atoms with Gasteiger partial charge in [0.05, 0.1) is 12.1 Å². The maximum absolute atomic E-state index is 11.3. The predicted octanol–water partition coefficient (Wildman–Crippen LogP) is 2.08. The standard InChI is InChI=1S/C10H10N2OS/c1-2-3-9(13)6-8-7-12-4-5-14-10(12)11-8/h2-5,7H,6H2,1H3/b3-2+. The number of carbonyl (C=O) groups is 1. The zero-order chi connectivity index (χ0) is 9.97. The highest BCUT2D eigenvalue weighted by molar-refractivity contribution is 7.15. The number of nitrogens with zero attached hydrogens (tertiary/aromatic N) is 2. The first kappa shape index (κ1) is 9.15. The molecule has 0 unspecified atom stereocenters. The number of thiazole rings is 1. The molecular weight excluding hydrogens is 196 g/mol. The monoisotopic (exact) mass is 206 g/mol. The molecule has 0 spiro atoms. The summed E-state index contributed by atoms with van der Waals surface area (Å²) < 4.78 is 1.93. The first-order valence-electron chi connectivity index (χ1n) is 4.36. The molecule has 0 aliphatic carbocycles. The van der Waals surface area contributed by atoms with Crippen LogP contribution in [0.15, 0.2) is 29.9 Å². The van der Waals surface area contributed by atoms with Crippen LogP contribution < -0.4 is 0 Å². The van der Waals surface area contributed by atoms with Gasteiger partial charge in [-0.15, -0.1) is 11.3 Å². The average molecular weight is 206 g/mol. The third kappa shape index (κ3) is 1.75. The molecule has 0 atom stereocenters. The Morgan fingerprint density at radius 2 is 2.57 bits per heavy atom. The molecule has 0 fully saturated rings. The smallest absolute Gasteiger partial charge is 0.193 e. The van der Waals surface area contributed by atoms with Gasteiger partial charge >= 0.3 is 0 Å². The van der Waals surface area contributed by atoms with Gasteiger partial charge in [-0.3, -0.25) is 9.20 Å². The number of ketones is 1. The number of imidazole rings is 1. The Kier molecular flexibility index (Phi) is 2.45. The fourth-order valence-corrected chi connectivity index (χ4v) is 2.00. The quantitative estimate of drug-likeness (QED) is 0.720. The topological polar surface area (TPSA) is 34.4 Å². The summed E-state index contributed by atoms with van der Waals surface area (Å²) in [5.74, 6) is 0.0956. The van der Waals surface area contributed by atoms with Crippen LogP contribution in [-0.4, -0.2) is 15.2 Å². The molecule has 0 aliphatic rings. The van der Waals surface area contributed by atoms with E-state index in [0.717, 1.165) is 10.7 Å². The highest BCUT2D eigenvalue weighted by Crippen LogP contribution is 2.11. The van der Waals surface area contributed by atoms with Gasteiger partial charge in [-0.25, -0.2) is 4.98 Å². The number of hydrogen-bond donors (Lipinski definition) is 0. The van der Waals surface area contributed by atoms with Crippen molar-refractivity contribution in [1.82, 2.24) is 9.38 Å². The molecule has 0 aromatic carbocycles. The molecule has 2 aromatic heterocycles. The van der Waals surface area contributed by atoms with E-state index in [-0.39, 0.29) is 5.78 Å². The van der Waals surface area contributed by atoms with Crippen LogP contribution in [0.2, 0.25) is 0 Å². The van der Waals surface area contributed by atoms with Gasteiger partial charge in [0.25, 0.3) is 0 Å². The van der Waals surface area contributed by atoms with Crippen molar-refractivity contribution in [3.8, 4) is 0 Å². The zero-order valence-electron chi connectivity index (χ0n) is 7.80. The molecule has 0 radical (unpaired) electrons. The Bertz CT molecular complexity index is 452. The highest BCUT2D eigenvalue weighted by Gasteiger charge is 2.05. The Balaban J connectivity index is 2.19. The summed E-state index contributed by atoms with van der Waals surface area (Å²) in [7, 11) is 0. The molecule has 0 saturated carbocycles. The van der Waals surface area contributed by atoms with Gasteiger partial charge in [0, 0.05) is 17.8 Å². The summed E-state index contributed by atoms with van der Waals surface area (Å²) in [5.41, 5.74) is 0.833. The van der Waals surface area contributed by atoms with E-state index in [2.05, 4.69) is 4.98 Å². The molecule has 14 heavy (non-hydrogen) atoms. The summed E-state index contributed by atoms with van der Waals surface area (Å²) in [6.07, 6.45) is 7.55. The number of carbonyl (C=O) groups excluding carboxylic acids is 1. The SMILES string of the molecule is C/C=C/C(=O)Cc1cn2ccsc2n1. The van der Waals surface area contributed by atoms with Crippen molar-refractivity contribution in [3.05, 3.63) is 35.6 Å². The first-order chi connectivity index (χ1) is 6.79. The number of allylic oxidation sites excluding steroid dienone is 2. The van der Waals surface area contributed by atoms with Crippen molar-refractivity contribution in [2.75, 3.05) is 0 Å². The normalized spacial score (nSPS) is 11.5. The van der Waals surface area contributed by atoms with Crippen molar-refractivity contribution < 1.29 is 4.79 Å². The summed E-state index contributed by atoms with van der Waals surface area (Å²) >= 11 is 1.57. The number of rotatable bonds is 3. The van der Waals surface area contributed by atoms with E-state index in [1.165, 1.54) is 0 Å². The van der Waals surface area contributed by atoms with Crippen LogP contribution >= 0.6 is 11.3 Å². The Morgan fingerprint density at radius 3 is 3.29 bits per heavy atom. The van der Waals surface area contributed by atoms with Crippen LogP contribution in [0.3, 0.4) is 0 Å². The number of aromatic nitrogens is 2. The van der Waals surface area contributed by atoms with E-state index >= 15 is 0 Å². The van der Waals surface area contributed by atoms with E-state index in [1.807, 2.05) is 29.1 Å². The van der Waals surface area contributed by atoms with Crippen molar-refractivity contribution in [3.63, 3.8) is 0 Å². The molecule has 0 bridgehead atoms. The van der Waals surface area contributed by atoms with Crippen molar-refractivity contribution >= 4 is 22.1 Å². The molecule has 2 aromatic rings. The minimum Gasteiger partial charge on any atom is -0.297 e. The Labute approximate surface area is 85.7 Å². The predicted molar refractivity (Wildman–Crippen MR) is 56.6 cm³/mol. The van der Waals surface area contributed by atoms with Gasteiger partial charge in [0.15, 0.2) is 10.7 Å². The molecule has 0 aliphatic heterocycles.